The Labute approximate surface area is 125 Å². The standard InChI is InChI=1S/C13H12Cl2N2OS/c1-7-11(16-13(19-2)17-12(7)18)6-8-9(14)4-3-5-10(8)15/h3-5H,6H2,1-2H3,(H,16,17,18). The average molecular weight is 315 g/mol. The third-order valence-corrected chi connectivity index (χ3v) is 4.12. The van der Waals surface area contributed by atoms with Crippen LogP contribution < -0.4 is 5.56 Å². The minimum absolute atomic E-state index is 0.127. The van der Waals surface area contributed by atoms with E-state index in [1.54, 1.807) is 25.1 Å². The summed E-state index contributed by atoms with van der Waals surface area (Å²) in [5.41, 5.74) is 1.95. The maximum absolute atomic E-state index is 11.8. The first-order chi connectivity index (χ1) is 9.02. The normalized spacial score (nSPS) is 10.7. The Morgan fingerprint density at radius 1 is 1.32 bits per heavy atom. The molecule has 2 aromatic rings. The molecule has 1 aromatic carbocycles. The van der Waals surface area contributed by atoms with Crippen LogP contribution >= 0.6 is 35.0 Å². The lowest BCUT2D eigenvalue weighted by Gasteiger charge is -2.09. The quantitative estimate of drug-likeness (QED) is 0.694. The van der Waals surface area contributed by atoms with Crippen LogP contribution in [0.2, 0.25) is 10.0 Å². The second kappa shape index (κ2) is 5.99. The first kappa shape index (κ1) is 14.4. The van der Waals surface area contributed by atoms with E-state index >= 15 is 0 Å². The second-order valence-corrected chi connectivity index (χ2v) is 5.63. The Kier molecular flexibility index (Phi) is 4.55. The molecule has 0 aliphatic rings. The largest absolute Gasteiger partial charge is 0.301 e. The summed E-state index contributed by atoms with van der Waals surface area (Å²) < 4.78 is 0. The summed E-state index contributed by atoms with van der Waals surface area (Å²) in [7, 11) is 0. The van der Waals surface area contributed by atoms with E-state index in [2.05, 4.69) is 9.97 Å². The highest BCUT2D eigenvalue weighted by Gasteiger charge is 2.12. The van der Waals surface area contributed by atoms with Crippen molar-refractivity contribution in [2.45, 2.75) is 18.5 Å². The van der Waals surface area contributed by atoms with Gasteiger partial charge in [-0.25, -0.2) is 4.98 Å². The Morgan fingerprint density at radius 3 is 2.53 bits per heavy atom. The van der Waals surface area contributed by atoms with Gasteiger partial charge in [-0.3, -0.25) is 4.79 Å². The molecule has 3 nitrogen and oxygen atoms in total. The van der Waals surface area contributed by atoms with E-state index in [9.17, 15) is 4.79 Å². The highest BCUT2D eigenvalue weighted by atomic mass is 35.5. The minimum atomic E-state index is -0.127. The number of H-pyrrole nitrogens is 1. The second-order valence-electron chi connectivity index (χ2n) is 4.02. The van der Waals surface area contributed by atoms with E-state index in [4.69, 9.17) is 23.2 Å². The van der Waals surface area contributed by atoms with Gasteiger partial charge in [-0.2, -0.15) is 0 Å². The molecule has 1 aromatic heterocycles. The zero-order chi connectivity index (χ0) is 14.0. The molecule has 0 bridgehead atoms. The SMILES string of the molecule is CSc1nc(Cc2c(Cl)cccc2Cl)c(C)c(=O)[nH]1. The van der Waals surface area contributed by atoms with Crippen molar-refractivity contribution in [1.29, 1.82) is 0 Å². The monoisotopic (exact) mass is 314 g/mol. The number of halogens is 2. The number of hydrogen-bond donors (Lipinski definition) is 1. The molecule has 0 atom stereocenters. The van der Waals surface area contributed by atoms with Gasteiger partial charge >= 0.3 is 0 Å². The molecule has 0 radical (unpaired) electrons. The number of aromatic amines is 1. The van der Waals surface area contributed by atoms with Gasteiger partial charge in [0.15, 0.2) is 5.16 Å². The highest BCUT2D eigenvalue weighted by Crippen LogP contribution is 2.27. The summed E-state index contributed by atoms with van der Waals surface area (Å²) >= 11 is 13.7. The fourth-order valence-corrected chi connectivity index (χ4v) is 2.62. The Morgan fingerprint density at radius 2 is 1.95 bits per heavy atom. The average Bonchev–Trinajstić information content (AvgIpc) is 2.38. The molecule has 1 N–H and O–H groups in total. The zero-order valence-electron chi connectivity index (χ0n) is 10.5. The Hall–Kier alpha value is -0.970. The molecule has 0 aliphatic heterocycles. The molecule has 0 fully saturated rings. The topological polar surface area (TPSA) is 45.8 Å². The molecule has 0 aliphatic carbocycles. The van der Waals surface area contributed by atoms with Gasteiger partial charge in [0.2, 0.25) is 0 Å². The van der Waals surface area contributed by atoms with Crippen molar-refractivity contribution < 1.29 is 0 Å². The molecule has 1 heterocycles. The lowest BCUT2D eigenvalue weighted by atomic mass is 10.1. The predicted octanol–water partition coefficient (Wildman–Crippen LogP) is 3.70. The lowest BCUT2D eigenvalue weighted by molar-refractivity contribution is 0.860. The molecule has 2 rings (SSSR count). The van der Waals surface area contributed by atoms with Crippen molar-refractivity contribution >= 4 is 35.0 Å². The van der Waals surface area contributed by atoms with Gasteiger partial charge < -0.3 is 4.98 Å². The smallest absolute Gasteiger partial charge is 0.254 e. The molecule has 0 saturated carbocycles. The summed E-state index contributed by atoms with van der Waals surface area (Å²) in [5, 5.41) is 1.76. The van der Waals surface area contributed by atoms with Crippen LogP contribution in [0.5, 0.6) is 0 Å². The predicted molar refractivity (Wildman–Crippen MR) is 80.6 cm³/mol. The van der Waals surface area contributed by atoms with Crippen molar-refractivity contribution in [3.05, 3.63) is 55.4 Å². The van der Waals surface area contributed by atoms with Crippen LogP contribution in [0.4, 0.5) is 0 Å². The Balaban J connectivity index is 2.49. The highest BCUT2D eigenvalue weighted by molar-refractivity contribution is 7.98. The number of hydrogen-bond acceptors (Lipinski definition) is 3. The summed E-state index contributed by atoms with van der Waals surface area (Å²) in [4.78, 5) is 18.9. The molecular formula is C13H12Cl2N2OS. The van der Waals surface area contributed by atoms with Crippen molar-refractivity contribution in [2.75, 3.05) is 6.26 Å². The fourth-order valence-electron chi connectivity index (χ4n) is 1.69. The molecule has 19 heavy (non-hydrogen) atoms. The summed E-state index contributed by atoms with van der Waals surface area (Å²) in [6.07, 6.45) is 2.31. The first-order valence-electron chi connectivity index (χ1n) is 5.59. The number of aromatic nitrogens is 2. The maximum atomic E-state index is 11.8. The summed E-state index contributed by atoms with van der Waals surface area (Å²) in [6.45, 7) is 1.75. The van der Waals surface area contributed by atoms with Crippen molar-refractivity contribution in [2.24, 2.45) is 0 Å². The van der Waals surface area contributed by atoms with E-state index in [1.165, 1.54) is 11.8 Å². The van der Waals surface area contributed by atoms with Gasteiger partial charge in [-0.05, 0) is 30.9 Å². The third-order valence-electron chi connectivity index (χ3n) is 2.83. The van der Waals surface area contributed by atoms with Crippen molar-refractivity contribution in [3.8, 4) is 0 Å². The van der Waals surface area contributed by atoms with Crippen LogP contribution in [0.25, 0.3) is 0 Å². The Bertz CT molecular complexity index is 650. The molecule has 0 amide bonds. The maximum Gasteiger partial charge on any atom is 0.254 e. The molecule has 0 unspecified atom stereocenters. The summed E-state index contributed by atoms with van der Waals surface area (Å²) in [6, 6.07) is 5.35. The van der Waals surface area contributed by atoms with E-state index in [-0.39, 0.29) is 5.56 Å². The van der Waals surface area contributed by atoms with Gasteiger partial charge in [-0.15, -0.1) is 0 Å². The number of benzene rings is 1. The fraction of sp³-hybridized carbons (Fsp3) is 0.231. The van der Waals surface area contributed by atoms with Gasteiger partial charge in [0, 0.05) is 22.0 Å². The number of thioether (sulfide) groups is 1. The van der Waals surface area contributed by atoms with Crippen LogP contribution in [0.1, 0.15) is 16.8 Å². The van der Waals surface area contributed by atoms with Crippen LogP contribution in [0, 0.1) is 6.92 Å². The van der Waals surface area contributed by atoms with Crippen LogP contribution in [0.3, 0.4) is 0 Å². The minimum Gasteiger partial charge on any atom is -0.301 e. The van der Waals surface area contributed by atoms with Crippen LogP contribution in [-0.4, -0.2) is 16.2 Å². The zero-order valence-corrected chi connectivity index (χ0v) is 12.8. The van der Waals surface area contributed by atoms with Gasteiger partial charge in [0.1, 0.15) is 0 Å². The van der Waals surface area contributed by atoms with Crippen molar-refractivity contribution in [3.63, 3.8) is 0 Å². The van der Waals surface area contributed by atoms with E-state index in [0.717, 1.165) is 5.56 Å². The van der Waals surface area contributed by atoms with E-state index in [0.29, 0.717) is 32.9 Å². The van der Waals surface area contributed by atoms with E-state index in [1.807, 2.05) is 6.26 Å². The first-order valence-corrected chi connectivity index (χ1v) is 7.57. The van der Waals surface area contributed by atoms with Crippen LogP contribution in [0.15, 0.2) is 28.2 Å². The molecule has 0 saturated heterocycles. The number of nitrogens with one attached hydrogen (secondary N) is 1. The lowest BCUT2D eigenvalue weighted by Crippen LogP contribution is -2.16. The van der Waals surface area contributed by atoms with Gasteiger partial charge in [0.05, 0.1) is 5.69 Å². The van der Waals surface area contributed by atoms with Gasteiger partial charge in [0.25, 0.3) is 5.56 Å². The third kappa shape index (κ3) is 3.14. The molecule has 100 valence electrons. The van der Waals surface area contributed by atoms with Gasteiger partial charge in [-0.1, -0.05) is 41.0 Å². The summed E-state index contributed by atoms with van der Waals surface area (Å²) in [5.74, 6) is 0. The molecule has 6 heteroatoms. The molecule has 0 spiro atoms. The van der Waals surface area contributed by atoms with Crippen molar-refractivity contribution in [1.82, 2.24) is 9.97 Å². The number of nitrogens with zero attached hydrogens (tertiary/aromatic N) is 1. The van der Waals surface area contributed by atoms with Crippen LogP contribution in [-0.2, 0) is 6.42 Å². The number of rotatable bonds is 3. The van der Waals surface area contributed by atoms with E-state index < -0.39 is 0 Å². The molecular weight excluding hydrogens is 303 g/mol.